The molecule has 1 heterocycles. The van der Waals surface area contributed by atoms with Crippen LogP contribution in [0.15, 0.2) is 57.9 Å². The number of benzene rings is 2. The fourth-order valence-electron chi connectivity index (χ4n) is 2.77. The summed E-state index contributed by atoms with van der Waals surface area (Å²) in [4.78, 5) is 12.5. The van der Waals surface area contributed by atoms with Gasteiger partial charge in [0.1, 0.15) is 5.69 Å². The van der Waals surface area contributed by atoms with E-state index < -0.39 is 15.9 Å². The molecule has 0 radical (unpaired) electrons. The minimum Gasteiger partial charge on any atom is -0.350 e. The quantitative estimate of drug-likeness (QED) is 0.580. The molecule has 0 unspecified atom stereocenters. The van der Waals surface area contributed by atoms with E-state index in [9.17, 15) is 13.2 Å². The monoisotopic (exact) mass is 413 g/mol. The first kappa shape index (κ1) is 20.8. The van der Waals surface area contributed by atoms with E-state index in [0.29, 0.717) is 11.3 Å². The summed E-state index contributed by atoms with van der Waals surface area (Å²) in [6, 6.07) is 14.5. The Morgan fingerprint density at radius 2 is 1.66 bits per heavy atom. The molecule has 152 valence electrons. The molecule has 3 aromatic rings. The van der Waals surface area contributed by atoms with Gasteiger partial charge >= 0.3 is 0 Å². The molecule has 1 amide bonds. The van der Waals surface area contributed by atoms with Gasteiger partial charge in [-0.2, -0.15) is 0 Å². The largest absolute Gasteiger partial charge is 0.350 e. The van der Waals surface area contributed by atoms with Crippen molar-refractivity contribution >= 4 is 15.9 Å². The highest BCUT2D eigenvalue weighted by Gasteiger charge is 2.17. The van der Waals surface area contributed by atoms with Crippen molar-refractivity contribution in [2.24, 2.45) is 0 Å². The molecule has 0 aliphatic rings. The number of carbonyl (C=O) groups is 1. The molecule has 0 saturated heterocycles. The maximum atomic E-state index is 12.5. The Hall–Kier alpha value is -2.97. The summed E-state index contributed by atoms with van der Waals surface area (Å²) < 4.78 is 32.5. The third-order valence-corrected chi connectivity index (χ3v) is 6.02. The highest BCUT2D eigenvalue weighted by Crippen LogP contribution is 2.19. The summed E-state index contributed by atoms with van der Waals surface area (Å²) in [6.45, 7) is 5.73. The maximum Gasteiger partial charge on any atom is 0.289 e. The van der Waals surface area contributed by atoms with Crippen molar-refractivity contribution in [3.8, 4) is 11.3 Å². The molecule has 7 nitrogen and oxygen atoms in total. The van der Waals surface area contributed by atoms with Crippen molar-refractivity contribution in [3.63, 3.8) is 0 Å². The Labute approximate surface area is 170 Å². The van der Waals surface area contributed by atoms with Gasteiger partial charge in [0, 0.05) is 24.7 Å². The van der Waals surface area contributed by atoms with Gasteiger partial charge < -0.3 is 9.84 Å². The molecule has 2 N–H and O–H groups in total. The third-order valence-electron chi connectivity index (χ3n) is 4.42. The SMILES string of the molecule is Cc1ccc(-c2cc(C(=O)NCCNS(=O)(=O)c3cc(C)ccc3C)on2)cc1. The first-order chi connectivity index (χ1) is 13.8. The van der Waals surface area contributed by atoms with Crippen LogP contribution in [0.4, 0.5) is 0 Å². The van der Waals surface area contributed by atoms with Crippen molar-refractivity contribution in [2.75, 3.05) is 13.1 Å². The highest BCUT2D eigenvalue weighted by atomic mass is 32.2. The molecular formula is C21H23N3O4S. The minimum atomic E-state index is -3.65. The van der Waals surface area contributed by atoms with E-state index in [2.05, 4.69) is 15.2 Å². The van der Waals surface area contributed by atoms with Gasteiger partial charge in [0.15, 0.2) is 0 Å². The van der Waals surface area contributed by atoms with Gasteiger partial charge in [-0.15, -0.1) is 0 Å². The summed E-state index contributed by atoms with van der Waals surface area (Å²) >= 11 is 0. The van der Waals surface area contributed by atoms with Crippen molar-refractivity contribution in [1.82, 2.24) is 15.2 Å². The van der Waals surface area contributed by atoms with Crippen LogP contribution in [0.25, 0.3) is 11.3 Å². The minimum absolute atomic E-state index is 0.0560. The second-order valence-corrected chi connectivity index (χ2v) is 8.60. The molecule has 0 saturated carbocycles. The lowest BCUT2D eigenvalue weighted by Gasteiger charge is -2.10. The molecular weight excluding hydrogens is 390 g/mol. The zero-order valence-electron chi connectivity index (χ0n) is 16.5. The number of aryl methyl sites for hydroxylation is 3. The van der Waals surface area contributed by atoms with Crippen molar-refractivity contribution < 1.29 is 17.7 Å². The third kappa shape index (κ3) is 5.10. The number of rotatable bonds is 7. The number of amides is 1. The van der Waals surface area contributed by atoms with Gasteiger partial charge in [-0.25, -0.2) is 13.1 Å². The lowest BCUT2D eigenvalue weighted by Crippen LogP contribution is -2.34. The van der Waals surface area contributed by atoms with E-state index in [1.54, 1.807) is 25.1 Å². The molecule has 3 rings (SSSR count). The Bertz CT molecular complexity index is 1120. The summed E-state index contributed by atoms with van der Waals surface area (Å²) in [7, 11) is -3.65. The molecule has 0 spiro atoms. The van der Waals surface area contributed by atoms with Gasteiger partial charge in [-0.3, -0.25) is 4.79 Å². The van der Waals surface area contributed by atoms with E-state index in [-0.39, 0.29) is 23.7 Å². The van der Waals surface area contributed by atoms with E-state index in [0.717, 1.165) is 16.7 Å². The van der Waals surface area contributed by atoms with Crippen LogP contribution >= 0.6 is 0 Å². The topological polar surface area (TPSA) is 101 Å². The molecule has 0 bridgehead atoms. The summed E-state index contributed by atoms with van der Waals surface area (Å²) in [5, 5.41) is 6.54. The number of hydrogen-bond acceptors (Lipinski definition) is 5. The summed E-state index contributed by atoms with van der Waals surface area (Å²) in [5.41, 5.74) is 4.06. The molecule has 29 heavy (non-hydrogen) atoms. The fraction of sp³-hybridized carbons (Fsp3) is 0.238. The first-order valence-corrected chi connectivity index (χ1v) is 10.6. The standard InChI is InChI=1S/C21H23N3O4S/c1-14-5-8-17(9-6-14)18-13-19(28-24-18)21(25)22-10-11-23-29(26,27)20-12-15(2)4-7-16(20)3/h4-9,12-13,23H,10-11H2,1-3H3,(H,22,25). The van der Waals surface area contributed by atoms with Gasteiger partial charge in [-0.1, -0.05) is 47.1 Å². The van der Waals surface area contributed by atoms with Crippen molar-refractivity contribution in [1.29, 1.82) is 0 Å². The van der Waals surface area contributed by atoms with Gasteiger partial charge in [0.2, 0.25) is 15.8 Å². The number of sulfonamides is 1. The average Bonchev–Trinajstić information content (AvgIpc) is 3.18. The van der Waals surface area contributed by atoms with Gasteiger partial charge in [0.05, 0.1) is 4.90 Å². The van der Waals surface area contributed by atoms with Crippen molar-refractivity contribution in [2.45, 2.75) is 25.7 Å². The Morgan fingerprint density at radius 3 is 2.38 bits per heavy atom. The summed E-state index contributed by atoms with van der Waals surface area (Å²) in [6.07, 6.45) is 0. The van der Waals surface area contributed by atoms with Crippen LogP contribution in [0, 0.1) is 20.8 Å². The lowest BCUT2D eigenvalue weighted by molar-refractivity contribution is 0.0917. The highest BCUT2D eigenvalue weighted by molar-refractivity contribution is 7.89. The molecule has 2 aromatic carbocycles. The predicted molar refractivity (Wildman–Crippen MR) is 110 cm³/mol. The van der Waals surface area contributed by atoms with Crippen LogP contribution in [0.1, 0.15) is 27.2 Å². The number of aromatic nitrogens is 1. The second kappa shape index (κ2) is 8.59. The normalized spacial score (nSPS) is 11.4. The smallest absolute Gasteiger partial charge is 0.289 e. The number of hydrogen-bond donors (Lipinski definition) is 2. The number of carbonyl (C=O) groups excluding carboxylic acids is 1. The first-order valence-electron chi connectivity index (χ1n) is 9.15. The molecule has 0 aliphatic carbocycles. The Kier molecular flexibility index (Phi) is 6.14. The van der Waals surface area contributed by atoms with E-state index in [4.69, 9.17) is 4.52 Å². The van der Waals surface area contributed by atoms with E-state index in [1.165, 1.54) is 0 Å². The number of nitrogens with one attached hydrogen (secondary N) is 2. The van der Waals surface area contributed by atoms with Crippen LogP contribution in [0.3, 0.4) is 0 Å². The number of nitrogens with zero attached hydrogens (tertiary/aromatic N) is 1. The Balaban J connectivity index is 1.55. The lowest BCUT2D eigenvalue weighted by atomic mass is 10.1. The molecule has 0 fully saturated rings. The average molecular weight is 413 g/mol. The maximum absolute atomic E-state index is 12.5. The molecule has 0 aliphatic heterocycles. The predicted octanol–water partition coefficient (Wildman–Crippen LogP) is 2.98. The van der Waals surface area contributed by atoms with Crippen LogP contribution < -0.4 is 10.0 Å². The van der Waals surface area contributed by atoms with Crippen LogP contribution in [-0.4, -0.2) is 32.6 Å². The van der Waals surface area contributed by atoms with Crippen LogP contribution in [0.5, 0.6) is 0 Å². The van der Waals surface area contributed by atoms with Crippen LogP contribution in [-0.2, 0) is 10.0 Å². The zero-order valence-corrected chi connectivity index (χ0v) is 17.3. The van der Waals surface area contributed by atoms with Gasteiger partial charge in [0.25, 0.3) is 5.91 Å². The zero-order chi connectivity index (χ0) is 21.0. The fourth-order valence-corrected chi connectivity index (χ4v) is 4.12. The Morgan fingerprint density at radius 1 is 0.966 bits per heavy atom. The molecule has 1 aromatic heterocycles. The molecule has 0 atom stereocenters. The second-order valence-electron chi connectivity index (χ2n) is 6.87. The summed E-state index contributed by atoms with van der Waals surface area (Å²) in [5.74, 6) is -0.389. The van der Waals surface area contributed by atoms with E-state index in [1.807, 2.05) is 44.2 Å². The van der Waals surface area contributed by atoms with Gasteiger partial charge in [-0.05, 0) is 38.0 Å². The van der Waals surface area contributed by atoms with Crippen LogP contribution in [0.2, 0.25) is 0 Å². The molecule has 8 heteroatoms. The van der Waals surface area contributed by atoms with Crippen molar-refractivity contribution in [3.05, 3.63) is 71.0 Å². The van der Waals surface area contributed by atoms with E-state index >= 15 is 0 Å².